The fourth-order valence-corrected chi connectivity index (χ4v) is 1.80. The van der Waals surface area contributed by atoms with Crippen LogP contribution < -0.4 is 5.32 Å². The average Bonchev–Trinajstić information content (AvgIpc) is 2.57. The van der Waals surface area contributed by atoms with E-state index in [1.165, 1.54) is 4.68 Å². The summed E-state index contributed by atoms with van der Waals surface area (Å²) in [5, 5.41) is 18.6. The van der Waals surface area contributed by atoms with Gasteiger partial charge in [-0.3, -0.25) is 10.1 Å². The molecular formula is C11H11ClN4O2. The summed E-state index contributed by atoms with van der Waals surface area (Å²) in [5.41, 5.74) is 1.07. The highest BCUT2D eigenvalue weighted by atomic mass is 35.5. The third kappa shape index (κ3) is 2.28. The number of halogens is 1. The van der Waals surface area contributed by atoms with E-state index >= 15 is 0 Å². The van der Waals surface area contributed by atoms with Crippen molar-refractivity contribution in [3.05, 3.63) is 45.1 Å². The average molecular weight is 267 g/mol. The van der Waals surface area contributed by atoms with Crippen LogP contribution >= 0.6 is 11.6 Å². The molecular weight excluding hydrogens is 256 g/mol. The summed E-state index contributed by atoms with van der Waals surface area (Å²) in [5.74, 6) is 0.347. The number of rotatable bonds is 3. The molecule has 1 aromatic carbocycles. The van der Waals surface area contributed by atoms with Gasteiger partial charge in [0.15, 0.2) is 0 Å². The molecule has 0 aliphatic heterocycles. The van der Waals surface area contributed by atoms with Crippen LogP contribution in [0.15, 0.2) is 24.3 Å². The lowest BCUT2D eigenvalue weighted by molar-refractivity contribution is -0.384. The largest absolute Gasteiger partial charge is 0.335 e. The van der Waals surface area contributed by atoms with Gasteiger partial charge in [-0.05, 0) is 31.2 Å². The highest BCUT2D eigenvalue weighted by molar-refractivity contribution is 6.30. The van der Waals surface area contributed by atoms with Crippen LogP contribution in [0.2, 0.25) is 5.02 Å². The quantitative estimate of drug-likeness (QED) is 0.684. The third-order valence-corrected chi connectivity index (χ3v) is 2.73. The maximum atomic E-state index is 11.0. The number of nitro groups is 1. The second-order valence-electron chi connectivity index (χ2n) is 3.80. The molecule has 1 aromatic heterocycles. The van der Waals surface area contributed by atoms with Gasteiger partial charge in [0.25, 0.3) is 0 Å². The van der Waals surface area contributed by atoms with Gasteiger partial charge in [-0.15, -0.1) is 0 Å². The molecule has 18 heavy (non-hydrogen) atoms. The zero-order valence-electron chi connectivity index (χ0n) is 9.85. The van der Waals surface area contributed by atoms with E-state index in [2.05, 4.69) is 10.4 Å². The second kappa shape index (κ2) is 4.66. The predicted molar refractivity (Wildman–Crippen MR) is 69.3 cm³/mol. The SMILES string of the molecule is Cc1nn(C)c(Nc2ccc(Cl)cc2)c1[N+](=O)[O-]. The van der Waals surface area contributed by atoms with Crippen molar-refractivity contribution in [1.82, 2.24) is 9.78 Å². The highest BCUT2D eigenvalue weighted by Crippen LogP contribution is 2.30. The molecule has 7 heteroatoms. The second-order valence-corrected chi connectivity index (χ2v) is 4.23. The lowest BCUT2D eigenvalue weighted by Gasteiger charge is -2.05. The molecule has 0 radical (unpaired) electrons. The van der Waals surface area contributed by atoms with Crippen molar-refractivity contribution in [2.45, 2.75) is 6.92 Å². The lowest BCUT2D eigenvalue weighted by atomic mass is 10.3. The fourth-order valence-electron chi connectivity index (χ4n) is 1.68. The Hall–Kier alpha value is -2.08. The van der Waals surface area contributed by atoms with Crippen LogP contribution in [-0.4, -0.2) is 14.7 Å². The Balaban J connectivity index is 2.39. The van der Waals surface area contributed by atoms with Gasteiger partial charge in [-0.25, -0.2) is 4.68 Å². The van der Waals surface area contributed by atoms with Crippen molar-refractivity contribution >= 4 is 28.8 Å². The molecule has 0 saturated heterocycles. The van der Waals surface area contributed by atoms with Crippen LogP contribution in [-0.2, 0) is 7.05 Å². The molecule has 0 saturated carbocycles. The minimum Gasteiger partial charge on any atom is -0.335 e. The standard InChI is InChI=1S/C11H11ClN4O2/c1-7-10(16(17)18)11(15(2)14-7)13-9-5-3-8(12)4-6-9/h3-6,13H,1-2H3. The summed E-state index contributed by atoms with van der Waals surface area (Å²) in [6, 6.07) is 6.90. The van der Waals surface area contributed by atoms with Gasteiger partial charge >= 0.3 is 5.69 Å². The zero-order valence-corrected chi connectivity index (χ0v) is 10.6. The molecule has 0 atom stereocenters. The van der Waals surface area contributed by atoms with Gasteiger partial charge in [-0.1, -0.05) is 11.6 Å². The predicted octanol–water partition coefficient (Wildman–Crippen LogP) is 3.03. The first kappa shape index (κ1) is 12.4. The van der Waals surface area contributed by atoms with Gasteiger partial charge in [-0.2, -0.15) is 5.10 Å². The summed E-state index contributed by atoms with van der Waals surface area (Å²) in [7, 11) is 1.65. The Bertz CT molecular complexity index is 592. The Labute approximate surface area is 108 Å². The molecule has 0 fully saturated rings. The van der Waals surface area contributed by atoms with Crippen molar-refractivity contribution in [2.24, 2.45) is 7.05 Å². The first-order valence-corrected chi connectivity index (χ1v) is 5.57. The summed E-state index contributed by atoms with van der Waals surface area (Å²) >= 11 is 5.78. The third-order valence-electron chi connectivity index (χ3n) is 2.48. The molecule has 0 unspecified atom stereocenters. The molecule has 0 spiro atoms. The smallest absolute Gasteiger partial charge is 0.334 e. The topological polar surface area (TPSA) is 73.0 Å². The van der Waals surface area contributed by atoms with Crippen LogP contribution in [0.3, 0.4) is 0 Å². The van der Waals surface area contributed by atoms with Crippen molar-refractivity contribution in [3.63, 3.8) is 0 Å². The number of anilines is 2. The Morgan fingerprint density at radius 2 is 2.00 bits per heavy atom. The maximum absolute atomic E-state index is 11.0. The van der Waals surface area contributed by atoms with Crippen molar-refractivity contribution in [2.75, 3.05) is 5.32 Å². The number of benzene rings is 1. The van der Waals surface area contributed by atoms with E-state index in [0.29, 0.717) is 22.2 Å². The first-order valence-electron chi connectivity index (χ1n) is 5.19. The summed E-state index contributed by atoms with van der Waals surface area (Å²) in [4.78, 5) is 10.5. The van der Waals surface area contributed by atoms with E-state index in [-0.39, 0.29) is 5.69 Å². The molecule has 2 rings (SSSR count). The monoisotopic (exact) mass is 266 g/mol. The van der Waals surface area contributed by atoms with Crippen molar-refractivity contribution < 1.29 is 4.92 Å². The molecule has 94 valence electrons. The van der Waals surface area contributed by atoms with E-state index in [9.17, 15) is 10.1 Å². The molecule has 6 nitrogen and oxygen atoms in total. The molecule has 0 aliphatic rings. The van der Waals surface area contributed by atoms with Crippen LogP contribution in [0.1, 0.15) is 5.69 Å². The Morgan fingerprint density at radius 3 is 2.56 bits per heavy atom. The Kier molecular flexibility index (Phi) is 3.20. The van der Waals surface area contributed by atoms with Gasteiger partial charge in [0.05, 0.1) is 4.92 Å². The van der Waals surface area contributed by atoms with E-state index in [4.69, 9.17) is 11.6 Å². The van der Waals surface area contributed by atoms with E-state index < -0.39 is 4.92 Å². The van der Waals surface area contributed by atoms with Gasteiger partial charge in [0.1, 0.15) is 5.69 Å². The minimum atomic E-state index is -0.444. The molecule has 0 bridgehead atoms. The van der Waals surface area contributed by atoms with Crippen molar-refractivity contribution in [3.8, 4) is 0 Å². The number of aromatic nitrogens is 2. The van der Waals surface area contributed by atoms with Gasteiger partial charge in [0, 0.05) is 17.8 Å². The number of nitrogens with zero attached hydrogens (tertiary/aromatic N) is 3. The van der Waals surface area contributed by atoms with Gasteiger partial charge in [0.2, 0.25) is 5.82 Å². The Morgan fingerprint density at radius 1 is 1.39 bits per heavy atom. The van der Waals surface area contributed by atoms with E-state index in [1.54, 1.807) is 38.2 Å². The fraction of sp³-hybridized carbons (Fsp3) is 0.182. The molecule has 1 N–H and O–H groups in total. The highest BCUT2D eigenvalue weighted by Gasteiger charge is 2.23. The number of hydrogen-bond acceptors (Lipinski definition) is 4. The van der Waals surface area contributed by atoms with Gasteiger partial charge < -0.3 is 5.32 Å². The number of hydrogen-bond donors (Lipinski definition) is 1. The van der Waals surface area contributed by atoms with Crippen LogP contribution in [0, 0.1) is 17.0 Å². The number of aryl methyl sites for hydroxylation is 2. The van der Waals surface area contributed by atoms with Crippen LogP contribution in [0.25, 0.3) is 0 Å². The normalized spacial score (nSPS) is 10.4. The molecule has 2 aromatic rings. The number of nitrogens with one attached hydrogen (secondary N) is 1. The summed E-state index contributed by atoms with van der Waals surface area (Å²) in [6.07, 6.45) is 0. The van der Waals surface area contributed by atoms with Crippen LogP contribution in [0.5, 0.6) is 0 Å². The maximum Gasteiger partial charge on any atom is 0.334 e. The first-order chi connectivity index (χ1) is 8.49. The lowest BCUT2D eigenvalue weighted by Crippen LogP contribution is -2.01. The molecule has 0 aliphatic carbocycles. The summed E-state index contributed by atoms with van der Waals surface area (Å²) in [6.45, 7) is 1.60. The van der Waals surface area contributed by atoms with E-state index in [1.807, 2.05) is 0 Å². The summed E-state index contributed by atoms with van der Waals surface area (Å²) < 4.78 is 1.45. The zero-order chi connectivity index (χ0) is 13.3. The van der Waals surface area contributed by atoms with E-state index in [0.717, 1.165) is 0 Å². The molecule has 1 heterocycles. The molecule has 0 amide bonds. The van der Waals surface area contributed by atoms with Crippen molar-refractivity contribution in [1.29, 1.82) is 0 Å². The van der Waals surface area contributed by atoms with Crippen LogP contribution in [0.4, 0.5) is 17.2 Å². The minimum absolute atomic E-state index is 0.0209.